The van der Waals surface area contributed by atoms with E-state index in [1.807, 2.05) is 0 Å². The Balaban J connectivity index is 1.67. The molecule has 1 heterocycles. The summed E-state index contributed by atoms with van der Waals surface area (Å²) in [7, 11) is 0. The standard InChI is InChI=1S/C24H32N2O/c1-18-7-4-9-21(15-18)12-13-25-23-11-6-14-26(20(3)27)24(23)17-22-10-5-8-19(2)16-22/h4-5,7-10,15-16,23-25H,6,11-14,17H2,1-3H3/t23-,24-/m0/s1. The third-order valence-electron chi connectivity index (χ3n) is 5.61. The normalized spacial score (nSPS) is 19.9. The summed E-state index contributed by atoms with van der Waals surface area (Å²) in [5.41, 5.74) is 5.28. The summed E-state index contributed by atoms with van der Waals surface area (Å²) in [5, 5.41) is 3.77. The van der Waals surface area contributed by atoms with Crippen molar-refractivity contribution >= 4 is 5.91 Å². The molecular weight excluding hydrogens is 332 g/mol. The topological polar surface area (TPSA) is 32.3 Å². The van der Waals surface area contributed by atoms with Crippen molar-refractivity contribution in [1.82, 2.24) is 10.2 Å². The number of piperidine rings is 1. The fourth-order valence-electron chi connectivity index (χ4n) is 4.29. The van der Waals surface area contributed by atoms with Crippen LogP contribution in [0.2, 0.25) is 0 Å². The molecule has 1 fully saturated rings. The van der Waals surface area contributed by atoms with Crippen LogP contribution in [0.5, 0.6) is 0 Å². The Bertz CT molecular complexity index is 770. The molecule has 144 valence electrons. The van der Waals surface area contributed by atoms with Crippen LogP contribution in [0.4, 0.5) is 0 Å². The quantitative estimate of drug-likeness (QED) is 0.838. The van der Waals surface area contributed by atoms with Crippen LogP contribution in [-0.4, -0.2) is 36.0 Å². The maximum absolute atomic E-state index is 12.2. The number of carbonyl (C=O) groups is 1. The zero-order chi connectivity index (χ0) is 19.2. The van der Waals surface area contributed by atoms with Gasteiger partial charge in [-0.05, 0) is 57.2 Å². The lowest BCUT2D eigenvalue weighted by Gasteiger charge is -2.41. The minimum absolute atomic E-state index is 0.192. The van der Waals surface area contributed by atoms with Gasteiger partial charge in [-0.15, -0.1) is 0 Å². The van der Waals surface area contributed by atoms with E-state index in [0.29, 0.717) is 6.04 Å². The van der Waals surface area contributed by atoms with E-state index in [0.717, 1.165) is 38.8 Å². The molecule has 2 aromatic rings. The number of rotatable bonds is 6. The highest BCUT2D eigenvalue weighted by Crippen LogP contribution is 2.22. The molecule has 1 saturated heterocycles. The van der Waals surface area contributed by atoms with Gasteiger partial charge in [-0.2, -0.15) is 0 Å². The zero-order valence-electron chi connectivity index (χ0n) is 16.9. The monoisotopic (exact) mass is 364 g/mol. The van der Waals surface area contributed by atoms with E-state index < -0.39 is 0 Å². The average Bonchev–Trinajstić information content (AvgIpc) is 2.63. The van der Waals surface area contributed by atoms with Gasteiger partial charge in [-0.25, -0.2) is 0 Å². The Morgan fingerprint density at radius 2 is 1.74 bits per heavy atom. The van der Waals surface area contributed by atoms with Crippen LogP contribution in [0.25, 0.3) is 0 Å². The van der Waals surface area contributed by atoms with Crippen LogP contribution >= 0.6 is 0 Å². The van der Waals surface area contributed by atoms with Crippen LogP contribution in [0.15, 0.2) is 48.5 Å². The molecule has 0 aromatic heterocycles. The van der Waals surface area contributed by atoms with E-state index in [1.165, 1.54) is 22.3 Å². The van der Waals surface area contributed by atoms with Gasteiger partial charge in [-0.1, -0.05) is 59.7 Å². The Kier molecular flexibility index (Phi) is 6.68. The molecule has 3 rings (SSSR count). The molecule has 1 amide bonds. The molecule has 2 aromatic carbocycles. The second-order valence-corrected chi connectivity index (χ2v) is 7.91. The molecule has 0 bridgehead atoms. The van der Waals surface area contributed by atoms with Crippen LogP contribution in [0.1, 0.15) is 42.0 Å². The highest BCUT2D eigenvalue weighted by Gasteiger charge is 2.32. The Hall–Kier alpha value is -2.13. The van der Waals surface area contributed by atoms with Gasteiger partial charge in [0.15, 0.2) is 0 Å². The summed E-state index contributed by atoms with van der Waals surface area (Å²) in [6.45, 7) is 7.80. The summed E-state index contributed by atoms with van der Waals surface area (Å²) in [6, 6.07) is 18.0. The van der Waals surface area contributed by atoms with E-state index >= 15 is 0 Å². The van der Waals surface area contributed by atoms with Crippen molar-refractivity contribution in [1.29, 1.82) is 0 Å². The first-order valence-electron chi connectivity index (χ1n) is 10.1. The fourth-order valence-corrected chi connectivity index (χ4v) is 4.29. The first kappa shape index (κ1) is 19.6. The molecule has 1 N–H and O–H groups in total. The summed E-state index contributed by atoms with van der Waals surface area (Å²) < 4.78 is 0. The number of aryl methyl sites for hydroxylation is 2. The highest BCUT2D eigenvalue weighted by atomic mass is 16.2. The van der Waals surface area contributed by atoms with Crippen molar-refractivity contribution in [2.24, 2.45) is 0 Å². The molecule has 2 atom stereocenters. The molecular formula is C24H32N2O. The van der Waals surface area contributed by atoms with Gasteiger partial charge < -0.3 is 10.2 Å². The van der Waals surface area contributed by atoms with Crippen molar-refractivity contribution in [2.45, 2.75) is 58.5 Å². The molecule has 1 aliphatic heterocycles. The summed E-state index contributed by atoms with van der Waals surface area (Å²) in [4.78, 5) is 14.3. The molecule has 27 heavy (non-hydrogen) atoms. The zero-order valence-corrected chi connectivity index (χ0v) is 16.9. The number of carbonyl (C=O) groups excluding carboxylic acids is 1. The Morgan fingerprint density at radius 3 is 2.41 bits per heavy atom. The van der Waals surface area contributed by atoms with Gasteiger partial charge in [0.25, 0.3) is 0 Å². The number of benzene rings is 2. The second kappa shape index (κ2) is 9.18. The predicted octanol–water partition coefficient (Wildman–Crippen LogP) is 4.06. The van der Waals surface area contributed by atoms with Crippen LogP contribution in [0, 0.1) is 13.8 Å². The molecule has 1 aliphatic rings. The maximum atomic E-state index is 12.2. The van der Waals surface area contributed by atoms with E-state index in [4.69, 9.17) is 0 Å². The summed E-state index contributed by atoms with van der Waals surface area (Å²) in [5.74, 6) is 0.192. The van der Waals surface area contributed by atoms with E-state index in [9.17, 15) is 4.79 Å². The van der Waals surface area contributed by atoms with Crippen molar-refractivity contribution in [2.75, 3.05) is 13.1 Å². The van der Waals surface area contributed by atoms with Crippen molar-refractivity contribution < 1.29 is 4.79 Å². The Morgan fingerprint density at radius 1 is 1.07 bits per heavy atom. The SMILES string of the molecule is CC(=O)N1CCC[C@H](NCCc2cccc(C)c2)[C@@H]1Cc1cccc(C)c1. The number of hydrogen-bond donors (Lipinski definition) is 1. The second-order valence-electron chi connectivity index (χ2n) is 7.91. The summed E-state index contributed by atoms with van der Waals surface area (Å²) >= 11 is 0. The number of amides is 1. The van der Waals surface area contributed by atoms with Gasteiger partial charge in [0.1, 0.15) is 0 Å². The predicted molar refractivity (Wildman–Crippen MR) is 112 cm³/mol. The number of nitrogens with one attached hydrogen (secondary N) is 1. The van der Waals surface area contributed by atoms with Crippen molar-refractivity contribution in [3.05, 3.63) is 70.8 Å². The number of nitrogens with zero attached hydrogens (tertiary/aromatic N) is 1. The van der Waals surface area contributed by atoms with Crippen LogP contribution in [0.3, 0.4) is 0 Å². The minimum Gasteiger partial charge on any atom is -0.338 e. The molecule has 0 aliphatic carbocycles. The lowest BCUT2D eigenvalue weighted by Crippen LogP contribution is -2.56. The lowest BCUT2D eigenvalue weighted by molar-refractivity contribution is -0.133. The van der Waals surface area contributed by atoms with Crippen LogP contribution in [-0.2, 0) is 17.6 Å². The first-order chi connectivity index (χ1) is 13.0. The van der Waals surface area contributed by atoms with Crippen molar-refractivity contribution in [3.8, 4) is 0 Å². The molecule has 3 heteroatoms. The van der Waals surface area contributed by atoms with Gasteiger partial charge in [0.05, 0.1) is 6.04 Å². The first-order valence-corrected chi connectivity index (χ1v) is 10.1. The smallest absolute Gasteiger partial charge is 0.219 e. The lowest BCUT2D eigenvalue weighted by atomic mass is 9.90. The average molecular weight is 365 g/mol. The van der Waals surface area contributed by atoms with Crippen molar-refractivity contribution in [3.63, 3.8) is 0 Å². The van der Waals surface area contributed by atoms with E-state index in [-0.39, 0.29) is 11.9 Å². The van der Waals surface area contributed by atoms with Gasteiger partial charge in [0, 0.05) is 19.5 Å². The van der Waals surface area contributed by atoms with Gasteiger partial charge in [-0.3, -0.25) is 4.79 Å². The largest absolute Gasteiger partial charge is 0.338 e. The minimum atomic E-state index is 0.192. The van der Waals surface area contributed by atoms with Gasteiger partial charge in [0.2, 0.25) is 5.91 Å². The highest BCUT2D eigenvalue weighted by molar-refractivity contribution is 5.73. The van der Waals surface area contributed by atoms with Gasteiger partial charge >= 0.3 is 0 Å². The molecule has 0 saturated carbocycles. The summed E-state index contributed by atoms with van der Waals surface area (Å²) in [6.07, 6.45) is 4.15. The Labute approximate surface area is 163 Å². The number of hydrogen-bond acceptors (Lipinski definition) is 2. The third kappa shape index (κ3) is 5.43. The maximum Gasteiger partial charge on any atom is 0.219 e. The molecule has 3 nitrogen and oxygen atoms in total. The number of likely N-dealkylation sites (tertiary alicyclic amines) is 1. The van der Waals surface area contributed by atoms with E-state index in [1.54, 1.807) is 6.92 Å². The molecule has 0 unspecified atom stereocenters. The molecule has 0 radical (unpaired) electrons. The molecule has 0 spiro atoms. The van der Waals surface area contributed by atoms with E-state index in [2.05, 4.69) is 72.6 Å². The van der Waals surface area contributed by atoms with Crippen LogP contribution < -0.4 is 5.32 Å². The third-order valence-corrected chi connectivity index (χ3v) is 5.61. The fraction of sp³-hybridized carbons (Fsp3) is 0.458.